The molecule has 1 fully saturated rings. The molecule has 0 aliphatic heterocycles. The first kappa shape index (κ1) is 11.7. The molecule has 0 aromatic heterocycles. The summed E-state index contributed by atoms with van der Waals surface area (Å²) >= 11 is 5.90. The number of rotatable bonds is 2. The van der Waals surface area contributed by atoms with Crippen LogP contribution >= 0.6 is 11.6 Å². The van der Waals surface area contributed by atoms with Gasteiger partial charge in [-0.05, 0) is 31.0 Å². The smallest absolute Gasteiger partial charge is 0.141 e. The number of nitrogens with two attached hydrogens (primary N) is 1. The summed E-state index contributed by atoms with van der Waals surface area (Å²) in [5.41, 5.74) is 4.89. The third-order valence-corrected chi connectivity index (χ3v) is 3.38. The fourth-order valence-corrected chi connectivity index (χ4v) is 2.48. The fourth-order valence-electron chi connectivity index (χ4n) is 2.31. The Balaban J connectivity index is 2.42. The van der Waals surface area contributed by atoms with E-state index in [4.69, 9.17) is 22.1 Å². The molecule has 0 amide bonds. The number of hydrogen-bond donors (Lipinski definition) is 1. The molecule has 1 saturated carbocycles. The van der Waals surface area contributed by atoms with Crippen LogP contribution in [0.1, 0.15) is 24.8 Å². The van der Waals surface area contributed by atoms with Crippen LogP contribution in [0.4, 0.5) is 4.39 Å². The van der Waals surface area contributed by atoms with E-state index in [1.807, 2.05) is 0 Å². The van der Waals surface area contributed by atoms with Crippen molar-refractivity contribution in [3.8, 4) is 5.75 Å². The van der Waals surface area contributed by atoms with E-state index in [2.05, 4.69) is 0 Å². The zero-order chi connectivity index (χ0) is 11.8. The van der Waals surface area contributed by atoms with Gasteiger partial charge in [0, 0.05) is 23.0 Å². The number of alkyl halides is 1. The lowest BCUT2D eigenvalue weighted by molar-refractivity contribution is 0.166. The minimum atomic E-state index is -1.39. The Kier molecular flexibility index (Phi) is 3.08. The highest BCUT2D eigenvalue weighted by atomic mass is 35.5. The van der Waals surface area contributed by atoms with Crippen LogP contribution in [0.2, 0.25) is 5.02 Å². The van der Waals surface area contributed by atoms with E-state index in [9.17, 15) is 4.39 Å². The molecule has 0 radical (unpaired) electrons. The molecule has 0 bridgehead atoms. The Morgan fingerprint density at radius 3 is 2.88 bits per heavy atom. The van der Waals surface area contributed by atoms with Gasteiger partial charge in [0.25, 0.3) is 0 Å². The predicted octanol–water partition coefficient (Wildman–Crippen LogP) is 3.02. The average Bonchev–Trinajstić information content (AvgIpc) is 2.60. The van der Waals surface area contributed by atoms with Gasteiger partial charge in [-0.3, -0.25) is 0 Å². The van der Waals surface area contributed by atoms with E-state index in [1.54, 1.807) is 18.2 Å². The van der Waals surface area contributed by atoms with Crippen LogP contribution in [0.5, 0.6) is 5.75 Å². The van der Waals surface area contributed by atoms with Crippen molar-refractivity contribution in [3.63, 3.8) is 0 Å². The second-order valence-corrected chi connectivity index (χ2v) is 4.75. The minimum absolute atomic E-state index is 0.0753. The van der Waals surface area contributed by atoms with Crippen LogP contribution in [0.25, 0.3) is 0 Å². The number of benzene rings is 1. The Labute approximate surface area is 99.5 Å². The zero-order valence-corrected chi connectivity index (χ0v) is 9.93. The van der Waals surface area contributed by atoms with E-state index in [1.165, 1.54) is 7.11 Å². The largest absolute Gasteiger partial charge is 0.496 e. The van der Waals surface area contributed by atoms with Crippen molar-refractivity contribution < 1.29 is 9.13 Å². The van der Waals surface area contributed by atoms with E-state index in [0.29, 0.717) is 35.6 Å². The minimum Gasteiger partial charge on any atom is -0.496 e. The molecule has 1 aromatic rings. The molecule has 88 valence electrons. The van der Waals surface area contributed by atoms with Crippen molar-refractivity contribution in [1.29, 1.82) is 0 Å². The lowest BCUT2D eigenvalue weighted by atomic mass is 9.93. The summed E-state index contributed by atoms with van der Waals surface area (Å²) in [7, 11) is 1.53. The number of hydrogen-bond acceptors (Lipinski definition) is 2. The second-order valence-electron chi connectivity index (χ2n) is 4.31. The normalized spacial score (nSPS) is 29.4. The number of methoxy groups -OCH3 is 1. The Bertz CT molecular complexity index is 399. The van der Waals surface area contributed by atoms with Crippen molar-refractivity contribution in [2.45, 2.75) is 31.0 Å². The topological polar surface area (TPSA) is 35.2 Å². The SMILES string of the molecule is COc1ccc(Cl)cc1C1(F)CCC(N)C1. The van der Waals surface area contributed by atoms with Gasteiger partial charge in [0.05, 0.1) is 7.11 Å². The van der Waals surface area contributed by atoms with E-state index in [0.717, 1.165) is 0 Å². The maximum Gasteiger partial charge on any atom is 0.141 e. The van der Waals surface area contributed by atoms with Gasteiger partial charge >= 0.3 is 0 Å². The molecule has 0 spiro atoms. The van der Waals surface area contributed by atoms with E-state index < -0.39 is 5.67 Å². The van der Waals surface area contributed by atoms with Crippen LogP contribution in [-0.4, -0.2) is 13.2 Å². The second kappa shape index (κ2) is 4.22. The van der Waals surface area contributed by atoms with Crippen molar-refractivity contribution in [2.75, 3.05) is 7.11 Å². The van der Waals surface area contributed by atoms with Gasteiger partial charge in [0.15, 0.2) is 0 Å². The molecule has 0 heterocycles. The van der Waals surface area contributed by atoms with Crippen LogP contribution in [-0.2, 0) is 5.67 Å². The summed E-state index contributed by atoms with van der Waals surface area (Å²) < 4.78 is 19.9. The maximum atomic E-state index is 14.7. The Hall–Kier alpha value is -0.800. The van der Waals surface area contributed by atoms with E-state index >= 15 is 0 Å². The first-order chi connectivity index (χ1) is 7.55. The molecular formula is C12H15ClFNO. The fraction of sp³-hybridized carbons (Fsp3) is 0.500. The van der Waals surface area contributed by atoms with Gasteiger partial charge in [-0.1, -0.05) is 11.6 Å². The standard InChI is InChI=1S/C12H15ClFNO/c1-16-11-3-2-8(13)6-10(11)12(14)5-4-9(15)7-12/h2-3,6,9H,4-5,7,15H2,1H3. The average molecular weight is 244 g/mol. The Morgan fingerprint density at radius 2 is 2.31 bits per heavy atom. The summed E-state index contributed by atoms with van der Waals surface area (Å²) in [6.07, 6.45) is 1.47. The molecule has 2 nitrogen and oxygen atoms in total. The zero-order valence-electron chi connectivity index (χ0n) is 9.17. The maximum absolute atomic E-state index is 14.7. The summed E-state index contributed by atoms with van der Waals surface area (Å²) in [5.74, 6) is 0.543. The molecule has 2 rings (SSSR count). The monoisotopic (exact) mass is 243 g/mol. The lowest BCUT2D eigenvalue weighted by Crippen LogP contribution is -2.22. The van der Waals surface area contributed by atoms with Gasteiger partial charge in [-0.25, -0.2) is 4.39 Å². The van der Waals surface area contributed by atoms with Gasteiger partial charge in [-0.15, -0.1) is 0 Å². The van der Waals surface area contributed by atoms with Crippen LogP contribution in [0.3, 0.4) is 0 Å². The lowest BCUT2D eigenvalue weighted by Gasteiger charge is -2.22. The highest BCUT2D eigenvalue weighted by Crippen LogP contribution is 2.46. The van der Waals surface area contributed by atoms with E-state index in [-0.39, 0.29) is 6.04 Å². The molecule has 2 unspecified atom stereocenters. The molecule has 0 saturated heterocycles. The highest BCUT2D eigenvalue weighted by molar-refractivity contribution is 6.30. The third kappa shape index (κ3) is 2.02. The first-order valence-electron chi connectivity index (χ1n) is 5.34. The van der Waals surface area contributed by atoms with Gasteiger partial charge < -0.3 is 10.5 Å². The molecular weight excluding hydrogens is 229 g/mol. The molecule has 16 heavy (non-hydrogen) atoms. The van der Waals surface area contributed by atoms with Crippen LogP contribution in [0.15, 0.2) is 18.2 Å². The van der Waals surface area contributed by atoms with Crippen molar-refractivity contribution in [2.24, 2.45) is 5.73 Å². The molecule has 1 aromatic carbocycles. The molecule has 2 N–H and O–H groups in total. The van der Waals surface area contributed by atoms with Gasteiger partial charge in [-0.2, -0.15) is 0 Å². The quantitative estimate of drug-likeness (QED) is 0.867. The van der Waals surface area contributed by atoms with Crippen molar-refractivity contribution >= 4 is 11.6 Å². The van der Waals surface area contributed by atoms with Crippen LogP contribution < -0.4 is 10.5 Å². The summed E-state index contributed by atoms with van der Waals surface area (Å²) in [6, 6.07) is 4.96. The van der Waals surface area contributed by atoms with Crippen LogP contribution in [0, 0.1) is 0 Å². The first-order valence-corrected chi connectivity index (χ1v) is 5.71. The van der Waals surface area contributed by atoms with Crippen molar-refractivity contribution in [1.82, 2.24) is 0 Å². The summed E-state index contributed by atoms with van der Waals surface area (Å²) in [6.45, 7) is 0. The molecule has 4 heteroatoms. The molecule has 1 aliphatic rings. The molecule has 2 atom stereocenters. The predicted molar refractivity (Wildman–Crippen MR) is 62.6 cm³/mol. The summed E-state index contributed by atoms with van der Waals surface area (Å²) in [5, 5.41) is 0.522. The highest BCUT2D eigenvalue weighted by Gasteiger charge is 2.41. The Morgan fingerprint density at radius 1 is 1.56 bits per heavy atom. The number of halogens is 2. The number of ether oxygens (including phenoxy) is 1. The summed E-state index contributed by atoms with van der Waals surface area (Å²) in [4.78, 5) is 0. The third-order valence-electron chi connectivity index (χ3n) is 3.14. The molecule has 1 aliphatic carbocycles. The van der Waals surface area contributed by atoms with Gasteiger partial charge in [0.1, 0.15) is 11.4 Å². The van der Waals surface area contributed by atoms with Gasteiger partial charge in [0.2, 0.25) is 0 Å². The van der Waals surface area contributed by atoms with Crippen molar-refractivity contribution in [3.05, 3.63) is 28.8 Å².